The van der Waals surface area contributed by atoms with E-state index >= 15 is 0 Å². The Morgan fingerprint density at radius 3 is 2.39 bits per heavy atom. The molecule has 0 bridgehead atoms. The van der Waals surface area contributed by atoms with Crippen molar-refractivity contribution in [2.45, 2.75) is 64.6 Å². The third-order valence-corrected chi connectivity index (χ3v) is 9.24. The number of aliphatic hydroxyl groups is 2. The minimum absolute atomic E-state index is 0.116. The molecule has 5 rings (SSSR count). The Balaban J connectivity index is 1.24. The first-order valence-electron chi connectivity index (χ1n) is 14.8. The summed E-state index contributed by atoms with van der Waals surface area (Å²) < 4.78 is 0. The summed E-state index contributed by atoms with van der Waals surface area (Å²) in [5, 5.41) is 31.8. The summed E-state index contributed by atoms with van der Waals surface area (Å²) >= 11 is 0. The number of amides is 2. The summed E-state index contributed by atoms with van der Waals surface area (Å²) in [6.07, 6.45) is 4.05. The van der Waals surface area contributed by atoms with E-state index in [1.54, 1.807) is 12.1 Å². The standard InChI is InChI=1S/C34H42N2O5/c1-22(18-25-10-6-7-11-29(25)38)12-13-30(39)31-23(2)19-27-32(28(31)21-37)34(41)36(33(27)40)26-14-16-35(17-15-26)20-24-8-4-3-5-9-24/h3-11,18,26-28,30,32,37-39H,12-17,19-21H2,1-2H3/b22-18+/t27-,28+,30-,32-/m1/s1. The van der Waals surface area contributed by atoms with Crippen LogP contribution in [0.5, 0.6) is 5.75 Å². The van der Waals surface area contributed by atoms with Gasteiger partial charge in [-0.25, -0.2) is 0 Å². The molecule has 0 unspecified atom stereocenters. The van der Waals surface area contributed by atoms with Crippen LogP contribution in [-0.4, -0.2) is 68.8 Å². The van der Waals surface area contributed by atoms with Gasteiger partial charge in [0.1, 0.15) is 5.75 Å². The highest BCUT2D eigenvalue weighted by atomic mass is 16.3. The summed E-state index contributed by atoms with van der Waals surface area (Å²) in [6, 6.07) is 17.3. The number of rotatable bonds is 9. The third kappa shape index (κ3) is 6.17. The molecule has 2 fully saturated rings. The van der Waals surface area contributed by atoms with E-state index in [9.17, 15) is 24.9 Å². The monoisotopic (exact) mass is 558 g/mol. The molecule has 4 atom stereocenters. The number of hydrogen-bond acceptors (Lipinski definition) is 6. The number of aliphatic hydroxyl groups excluding tert-OH is 2. The zero-order chi connectivity index (χ0) is 29.1. The number of allylic oxidation sites excluding steroid dienone is 2. The van der Waals surface area contributed by atoms with E-state index in [1.165, 1.54) is 10.5 Å². The molecule has 0 saturated carbocycles. The van der Waals surface area contributed by atoms with Crippen LogP contribution < -0.4 is 0 Å². The van der Waals surface area contributed by atoms with Gasteiger partial charge in [-0.1, -0.05) is 65.8 Å². The van der Waals surface area contributed by atoms with Gasteiger partial charge in [0, 0.05) is 37.2 Å². The third-order valence-electron chi connectivity index (χ3n) is 9.24. The van der Waals surface area contributed by atoms with Crippen LogP contribution in [0.4, 0.5) is 0 Å². The second kappa shape index (κ2) is 12.7. The summed E-state index contributed by atoms with van der Waals surface area (Å²) in [5.74, 6) is -1.75. The maximum absolute atomic E-state index is 13.8. The number of nitrogens with zero attached hydrogens (tertiary/aromatic N) is 2. The Hall–Kier alpha value is -3.26. The largest absolute Gasteiger partial charge is 0.507 e. The number of phenolic OH excluding ortho intramolecular Hbond substituents is 1. The van der Waals surface area contributed by atoms with Gasteiger partial charge in [-0.05, 0) is 63.2 Å². The predicted octanol–water partition coefficient (Wildman–Crippen LogP) is 4.53. The number of hydrogen-bond donors (Lipinski definition) is 3. The van der Waals surface area contributed by atoms with Crippen LogP contribution in [0.1, 0.15) is 57.1 Å². The van der Waals surface area contributed by atoms with Gasteiger partial charge in [0.25, 0.3) is 0 Å². The summed E-state index contributed by atoms with van der Waals surface area (Å²) in [7, 11) is 0. The van der Waals surface area contributed by atoms with Crippen LogP contribution in [0.3, 0.4) is 0 Å². The molecule has 7 nitrogen and oxygen atoms in total. The number of carbonyl (C=O) groups excluding carboxylic acids is 2. The zero-order valence-corrected chi connectivity index (χ0v) is 24.1. The Morgan fingerprint density at radius 2 is 1.71 bits per heavy atom. The molecule has 0 aromatic heterocycles. The van der Waals surface area contributed by atoms with E-state index in [0.29, 0.717) is 24.8 Å². The number of aromatic hydroxyl groups is 1. The van der Waals surface area contributed by atoms with Gasteiger partial charge in [-0.3, -0.25) is 19.4 Å². The van der Waals surface area contributed by atoms with Gasteiger partial charge in [0.2, 0.25) is 11.8 Å². The zero-order valence-electron chi connectivity index (χ0n) is 24.1. The van der Waals surface area contributed by atoms with Gasteiger partial charge >= 0.3 is 0 Å². The number of fused-ring (bicyclic) bond motifs is 1. The van der Waals surface area contributed by atoms with Crippen molar-refractivity contribution in [1.82, 2.24) is 9.80 Å². The first kappa shape index (κ1) is 29.2. The van der Waals surface area contributed by atoms with E-state index < -0.39 is 23.9 Å². The smallest absolute Gasteiger partial charge is 0.234 e. The molecule has 0 radical (unpaired) electrons. The topological polar surface area (TPSA) is 101 Å². The molecule has 41 heavy (non-hydrogen) atoms. The Bertz CT molecular complexity index is 1310. The van der Waals surface area contributed by atoms with Crippen LogP contribution in [0.2, 0.25) is 0 Å². The van der Waals surface area contributed by atoms with E-state index in [0.717, 1.165) is 49.2 Å². The molecular formula is C34H42N2O5. The molecule has 2 aliphatic heterocycles. The van der Waals surface area contributed by atoms with Crippen LogP contribution in [0.15, 0.2) is 71.3 Å². The minimum atomic E-state index is -0.820. The molecule has 3 N–H and O–H groups in total. The molecular weight excluding hydrogens is 516 g/mol. The second-order valence-corrected chi connectivity index (χ2v) is 12.0. The van der Waals surface area contributed by atoms with Gasteiger partial charge < -0.3 is 15.3 Å². The minimum Gasteiger partial charge on any atom is -0.507 e. The van der Waals surface area contributed by atoms with Crippen molar-refractivity contribution in [3.8, 4) is 5.75 Å². The number of piperidine rings is 1. The molecule has 2 heterocycles. The summed E-state index contributed by atoms with van der Waals surface area (Å²) in [5.41, 5.74) is 4.61. The van der Waals surface area contributed by atoms with Crippen molar-refractivity contribution >= 4 is 17.9 Å². The lowest BCUT2D eigenvalue weighted by Gasteiger charge is -2.36. The van der Waals surface area contributed by atoms with Gasteiger partial charge in [-0.15, -0.1) is 0 Å². The van der Waals surface area contributed by atoms with E-state index in [-0.39, 0.29) is 30.2 Å². The molecule has 2 aromatic rings. The van der Waals surface area contributed by atoms with Crippen LogP contribution in [0.25, 0.3) is 6.08 Å². The molecule has 2 amide bonds. The molecule has 2 saturated heterocycles. The molecule has 0 spiro atoms. The normalized spacial score (nSPS) is 25.1. The maximum Gasteiger partial charge on any atom is 0.234 e. The van der Waals surface area contributed by atoms with Crippen LogP contribution in [0, 0.1) is 17.8 Å². The van der Waals surface area contributed by atoms with Crippen molar-refractivity contribution in [2.75, 3.05) is 19.7 Å². The Labute approximate surface area is 242 Å². The SMILES string of the molecule is CC1=C([C@H](O)CC/C(C)=C/c2ccccc2O)[C@H](CO)[C@@H]2C(=O)N(C3CCN(Cc4ccccc4)CC3)C(=O)[C@@H]2C1. The Morgan fingerprint density at radius 1 is 1.02 bits per heavy atom. The van der Waals surface area contributed by atoms with Crippen molar-refractivity contribution in [3.05, 3.63) is 82.4 Å². The first-order chi connectivity index (χ1) is 19.8. The average Bonchev–Trinajstić information content (AvgIpc) is 3.22. The van der Waals surface area contributed by atoms with E-state index in [1.807, 2.05) is 50.3 Å². The highest BCUT2D eigenvalue weighted by Gasteiger charge is 2.56. The lowest BCUT2D eigenvalue weighted by Crippen LogP contribution is -2.47. The lowest BCUT2D eigenvalue weighted by molar-refractivity contribution is -0.144. The van der Waals surface area contributed by atoms with Crippen molar-refractivity contribution < 1.29 is 24.9 Å². The molecule has 2 aromatic carbocycles. The van der Waals surface area contributed by atoms with E-state index in [4.69, 9.17) is 0 Å². The van der Waals surface area contributed by atoms with Crippen molar-refractivity contribution in [1.29, 1.82) is 0 Å². The lowest BCUT2D eigenvalue weighted by atomic mass is 9.68. The number of para-hydroxylation sites is 1. The quantitative estimate of drug-likeness (QED) is 0.309. The van der Waals surface area contributed by atoms with Gasteiger partial charge in [0.05, 0.1) is 24.5 Å². The fourth-order valence-corrected chi connectivity index (χ4v) is 7.15. The highest BCUT2D eigenvalue weighted by Crippen LogP contribution is 2.47. The highest BCUT2D eigenvalue weighted by molar-refractivity contribution is 6.06. The van der Waals surface area contributed by atoms with Crippen LogP contribution >= 0.6 is 0 Å². The van der Waals surface area contributed by atoms with Crippen molar-refractivity contribution in [3.63, 3.8) is 0 Å². The predicted molar refractivity (Wildman–Crippen MR) is 158 cm³/mol. The van der Waals surface area contributed by atoms with Crippen molar-refractivity contribution in [2.24, 2.45) is 17.8 Å². The average molecular weight is 559 g/mol. The summed E-state index contributed by atoms with van der Waals surface area (Å²) in [4.78, 5) is 31.3. The number of benzene rings is 2. The summed E-state index contributed by atoms with van der Waals surface area (Å²) in [6.45, 7) is 6.11. The molecule has 3 aliphatic rings. The maximum atomic E-state index is 13.8. The number of likely N-dealkylation sites (tertiary alicyclic amines) is 2. The van der Waals surface area contributed by atoms with E-state index in [2.05, 4.69) is 17.0 Å². The number of imide groups is 1. The van der Waals surface area contributed by atoms with Gasteiger partial charge in [-0.2, -0.15) is 0 Å². The molecule has 7 heteroatoms. The number of carbonyl (C=O) groups is 2. The fraction of sp³-hybridized carbons (Fsp3) is 0.471. The fourth-order valence-electron chi connectivity index (χ4n) is 7.15. The van der Waals surface area contributed by atoms with Gasteiger partial charge in [0.15, 0.2) is 0 Å². The molecule has 1 aliphatic carbocycles. The molecule has 218 valence electrons. The number of phenols is 1. The Kier molecular flexibility index (Phi) is 9.07. The first-order valence-corrected chi connectivity index (χ1v) is 14.8. The second-order valence-electron chi connectivity index (χ2n) is 12.0. The van der Waals surface area contributed by atoms with Crippen LogP contribution in [-0.2, 0) is 16.1 Å².